The van der Waals surface area contributed by atoms with E-state index in [1.165, 1.54) is 5.56 Å². The number of rotatable bonds is 5. The van der Waals surface area contributed by atoms with Gasteiger partial charge in [-0.3, -0.25) is 4.68 Å². The molecule has 0 amide bonds. The van der Waals surface area contributed by atoms with E-state index < -0.39 is 0 Å². The van der Waals surface area contributed by atoms with Crippen LogP contribution in [0.25, 0.3) is 0 Å². The summed E-state index contributed by atoms with van der Waals surface area (Å²) in [6, 6.07) is 7.46. The Morgan fingerprint density at radius 1 is 1.24 bits per heavy atom. The van der Waals surface area contributed by atoms with E-state index in [1.54, 1.807) is 4.68 Å². The van der Waals surface area contributed by atoms with Crippen LogP contribution < -0.4 is 4.74 Å². The Labute approximate surface area is 100 Å². The lowest BCUT2D eigenvalue weighted by atomic mass is 10.2. The zero-order valence-electron chi connectivity index (χ0n) is 9.84. The topological polar surface area (TPSA) is 47.3 Å². The molecule has 1 aromatic carbocycles. The van der Waals surface area contributed by atoms with Crippen molar-refractivity contribution in [2.45, 2.75) is 13.0 Å². The molecule has 0 aliphatic rings. The Bertz CT molecular complexity index is 463. The molecule has 0 atom stereocenters. The number of ether oxygens (including phenoxy) is 1. The van der Waals surface area contributed by atoms with E-state index in [0.29, 0.717) is 6.61 Å². The predicted octanol–water partition coefficient (Wildman–Crippen LogP) is 1.53. The van der Waals surface area contributed by atoms with Crippen molar-refractivity contribution in [3.63, 3.8) is 0 Å². The number of nitrogens with zero attached hydrogens (tertiary/aromatic N) is 2. The molecule has 0 fully saturated rings. The average molecular weight is 232 g/mol. The maximum atomic E-state index is 8.91. The van der Waals surface area contributed by atoms with Gasteiger partial charge in [-0.15, -0.1) is 0 Å². The molecule has 0 saturated heterocycles. The monoisotopic (exact) mass is 232 g/mol. The standard InChI is InChI=1S/C13H16N2O2/c1-15-9-12(8-14-15)6-7-17-13-4-2-11(10-16)3-5-13/h2-5,8-9,16H,6-7,10H2,1H3. The van der Waals surface area contributed by atoms with E-state index in [0.717, 1.165) is 17.7 Å². The SMILES string of the molecule is Cn1cc(CCOc2ccc(CO)cc2)cn1. The molecule has 0 unspecified atom stereocenters. The minimum atomic E-state index is 0.0654. The van der Waals surface area contributed by atoms with Gasteiger partial charge in [0.2, 0.25) is 0 Å². The van der Waals surface area contributed by atoms with Crippen molar-refractivity contribution in [3.05, 3.63) is 47.8 Å². The molecule has 1 heterocycles. The first-order valence-corrected chi connectivity index (χ1v) is 5.58. The molecular formula is C13H16N2O2. The van der Waals surface area contributed by atoms with Crippen molar-refractivity contribution in [2.24, 2.45) is 7.05 Å². The molecule has 0 aliphatic carbocycles. The Morgan fingerprint density at radius 3 is 2.59 bits per heavy atom. The van der Waals surface area contributed by atoms with Crippen molar-refractivity contribution < 1.29 is 9.84 Å². The summed E-state index contributed by atoms with van der Waals surface area (Å²) in [6.07, 6.45) is 4.67. The maximum Gasteiger partial charge on any atom is 0.119 e. The van der Waals surface area contributed by atoms with Crippen molar-refractivity contribution in [1.82, 2.24) is 9.78 Å². The maximum absolute atomic E-state index is 8.91. The molecule has 0 bridgehead atoms. The molecule has 4 nitrogen and oxygen atoms in total. The molecule has 0 aliphatic heterocycles. The highest BCUT2D eigenvalue weighted by Crippen LogP contribution is 2.12. The van der Waals surface area contributed by atoms with Crippen molar-refractivity contribution in [1.29, 1.82) is 0 Å². The fourth-order valence-corrected chi connectivity index (χ4v) is 1.58. The van der Waals surface area contributed by atoms with Crippen LogP contribution in [0.4, 0.5) is 0 Å². The average Bonchev–Trinajstić information content (AvgIpc) is 2.76. The lowest BCUT2D eigenvalue weighted by Gasteiger charge is -2.05. The van der Waals surface area contributed by atoms with E-state index in [4.69, 9.17) is 9.84 Å². The van der Waals surface area contributed by atoms with Crippen LogP contribution in [-0.2, 0) is 20.1 Å². The first kappa shape index (κ1) is 11.7. The number of aliphatic hydroxyl groups is 1. The zero-order valence-corrected chi connectivity index (χ0v) is 9.84. The highest BCUT2D eigenvalue weighted by atomic mass is 16.5. The van der Waals surface area contributed by atoms with E-state index >= 15 is 0 Å². The third-order valence-corrected chi connectivity index (χ3v) is 2.52. The summed E-state index contributed by atoms with van der Waals surface area (Å²) < 4.78 is 7.38. The van der Waals surface area contributed by atoms with Gasteiger partial charge in [0.25, 0.3) is 0 Å². The normalized spacial score (nSPS) is 10.5. The van der Waals surface area contributed by atoms with Crippen molar-refractivity contribution in [2.75, 3.05) is 6.61 Å². The molecule has 1 N–H and O–H groups in total. The van der Waals surface area contributed by atoms with Gasteiger partial charge in [-0.1, -0.05) is 12.1 Å². The van der Waals surface area contributed by atoms with E-state index in [2.05, 4.69) is 5.10 Å². The van der Waals surface area contributed by atoms with Gasteiger partial charge >= 0.3 is 0 Å². The van der Waals surface area contributed by atoms with Gasteiger partial charge in [0.15, 0.2) is 0 Å². The lowest BCUT2D eigenvalue weighted by molar-refractivity contribution is 0.281. The van der Waals surface area contributed by atoms with Gasteiger partial charge < -0.3 is 9.84 Å². The Balaban J connectivity index is 1.81. The smallest absolute Gasteiger partial charge is 0.119 e. The first-order chi connectivity index (χ1) is 8.28. The molecule has 2 rings (SSSR count). The first-order valence-electron chi connectivity index (χ1n) is 5.58. The highest BCUT2D eigenvalue weighted by molar-refractivity contribution is 5.26. The number of hydrogen-bond acceptors (Lipinski definition) is 3. The number of hydrogen-bond donors (Lipinski definition) is 1. The number of aromatic nitrogens is 2. The summed E-state index contributed by atoms with van der Waals surface area (Å²) in [5, 5.41) is 13.0. The highest BCUT2D eigenvalue weighted by Gasteiger charge is 1.98. The second kappa shape index (κ2) is 5.50. The lowest BCUT2D eigenvalue weighted by Crippen LogP contribution is -2.00. The van der Waals surface area contributed by atoms with Gasteiger partial charge in [0.1, 0.15) is 5.75 Å². The molecule has 90 valence electrons. The molecule has 0 radical (unpaired) electrons. The van der Waals surface area contributed by atoms with Crippen molar-refractivity contribution >= 4 is 0 Å². The van der Waals surface area contributed by atoms with Crippen LogP contribution in [0.3, 0.4) is 0 Å². The summed E-state index contributed by atoms with van der Waals surface area (Å²) in [4.78, 5) is 0. The molecule has 4 heteroatoms. The summed E-state index contributed by atoms with van der Waals surface area (Å²) in [5.74, 6) is 0.825. The minimum Gasteiger partial charge on any atom is -0.493 e. The Hall–Kier alpha value is -1.81. The van der Waals surface area contributed by atoms with Crippen LogP contribution in [0.2, 0.25) is 0 Å². The molecule has 0 spiro atoms. The van der Waals surface area contributed by atoms with Gasteiger partial charge in [-0.05, 0) is 23.3 Å². The summed E-state index contributed by atoms with van der Waals surface area (Å²) in [5.41, 5.74) is 2.06. The fraction of sp³-hybridized carbons (Fsp3) is 0.308. The van der Waals surface area contributed by atoms with Gasteiger partial charge in [-0.2, -0.15) is 5.10 Å². The number of benzene rings is 1. The Kier molecular flexibility index (Phi) is 3.77. The van der Waals surface area contributed by atoms with Crippen LogP contribution in [0.1, 0.15) is 11.1 Å². The third-order valence-electron chi connectivity index (χ3n) is 2.52. The fourth-order valence-electron chi connectivity index (χ4n) is 1.58. The predicted molar refractivity (Wildman–Crippen MR) is 64.8 cm³/mol. The van der Waals surface area contributed by atoms with Crippen LogP contribution in [0, 0.1) is 0 Å². The Morgan fingerprint density at radius 2 is 2.00 bits per heavy atom. The molecule has 17 heavy (non-hydrogen) atoms. The molecule has 0 saturated carbocycles. The van der Waals surface area contributed by atoms with E-state index in [-0.39, 0.29) is 6.61 Å². The van der Waals surface area contributed by atoms with Crippen LogP contribution in [-0.4, -0.2) is 21.5 Å². The number of aryl methyl sites for hydroxylation is 1. The quantitative estimate of drug-likeness (QED) is 0.850. The summed E-state index contributed by atoms with van der Waals surface area (Å²) >= 11 is 0. The van der Waals surface area contributed by atoms with E-state index in [1.807, 2.05) is 43.7 Å². The number of aliphatic hydroxyl groups excluding tert-OH is 1. The molecule has 2 aromatic rings. The third kappa shape index (κ3) is 3.32. The zero-order chi connectivity index (χ0) is 12.1. The van der Waals surface area contributed by atoms with Crippen LogP contribution in [0.15, 0.2) is 36.7 Å². The van der Waals surface area contributed by atoms with Gasteiger partial charge in [0, 0.05) is 19.7 Å². The van der Waals surface area contributed by atoms with Gasteiger partial charge in [0.05, 0.1) is 19.4 Å². The van der Waals surface area contributed by atoms with E-state index in [9.17, 15) is 0 Å². The summed E-state index contributed by atoms with van der Waals surface area (Å²) in [7, 11) is 1.90. The second-order valence-corrected chi connectivity index (χ2v) is 3.92. The largest absolute Gasteiger partial charge is 0.493 e. The van der Waals surface area contributed by atoms with Crippen molar-refractivity contribution in [3.8, 4) is 5.75 Å². The van der Waals surface area contributed by atoms with Crippen LogP contribution >= 0.6 is 0 Å². The molecular weight excluding hydrogens is 216 g/mol. The second-order valence-electron chi connectivity index (χ2n) is 3.92. The minimum absolute atomic E-state index is 0.0654. The van der Waals surface area contributed by atoms with Crippen LogP contribution in [0.5, 0.6) is 5.75 Å². The van der Waals surface area contributed by atoms with Gasteiger partial charge in [-0.25, -0.2) is 0 Å². The molecule has 1 aromatic heterocycles. The summed E-state index contributed by atoms with van der Waals surface area (Å²) in [6.45, 7) is 0.695.